The van der Waals surface area contributed by atoms with Gasteiger partial charge < -0.3 is 10.0 Å². The van der Waals surface area contributed by atoms with E-state index < -0.39 is 0 Å². The van der Waals surface area contributed by atoms with Crippen LogP contribution in [0.3, 0.4) is 0 Å². The van der Waals surface area contributed by atoms with E-state index >= 15 is 0 Å². The third-order valence-electron chi connectivity index (χ3n) is 4.48. The molecule has 3 rings (SSSR count). The van der Waals surface area contributed by atoms with Crippen molar-refractivity contribution in [1.82, 2.24) is 9.80 Å². The maximum atomic E-state index is 12.8. The van der Waals surface area contributed by atoms with Crippen molar-refractivity contribution in [2.45, 2.75) is 13.5 Å². The van der Waals surface area contributed by atoms with Crippen molar-refractivity contribution >= 4 is 46.2 Å². The Hall–Kier alpha value is -2.48. The van der Waals surface area contributed by atoms with Crippen LogP contribution in [0.25, 0.3) is 6.08 Å². The third-order valence-corrected chi connectivity index (χ3v) is 5.86. The number of aliphatic hydroxyl groups excluding tert-OH is 1. The van der Waals surface area contributed by atoms with Gasteiger partial charge in [0.05, 0.1) is 11.5 Å². The second-order valence-corrected chi connectivity index (χ2v) is 8.38. The van der Waals surface area contributed by atoms with Gasteiger partial charge in [-0.1, -0.05) is 84.1 Å². The van der Waals surface area contributed by atoms with Crippen LogP contribution in [0.1, 0.15) is 16.7 Å². The predicted octanol–water partition coefficient (Wildman–Crippen LogP) is 3.22. The Kier molecular flexibility index (Phi) is 7.19. The highest BCUT2D eigenvalue weighted by Crippen LogP contribution is 2.32. The van der Waals surface area contributed by atoms with Gasteiger partial charge in [-0.3, -0.25) is 14.5 Å². The monoisotopic (exact) mass is 426 g/mol. The van der Waals surface area contributed by atoms with Crippen LogP contribution < -0.4 is 0 Å². The fourth-order valence-corrected chi connectivity index (χ4v) is 4.16. The number of amides is 2. The highest BCUT2D eigenvalue weighted by Gasteiger charge is 2.34. The lowest BCUT2D eigenvalue weighted by molar-refractivity contribution is -0.136. The summed E-state index contributed by atoms with van der Waals surface area (Å²) in [5.74, 6) is -0.520. The molecule has 2 aromatic rings. The second kappa shape index (κ2) is 9.82. The average Bonchev–Trinajstić information content (AvgIpc) is 2.97. The Bertz CT molecular complexity index is 927. The minimum Gasteiger partial charge on any atom is -0.395 e. The van der Waals surface area contributed by atoms with Gasteiger partial charge in [0.1, 0.15) is 10.9 Å². The molecule has 0 spiro atoms. The van der Waals surface area contributed by atoms with Crippen LogP contribution in [0.5, 0.6) is 0 Å². The molecule has 1 aliphatic heterocycles. The number of aryl methyl sites for hydroxylation is 1. The molecule has 0 radical (unpaired) electrons. The van der Waals surface area contributed by atoms with E-state index in [4.69, 9.17) is 12.2 Å². The van der Waals surface area contributed by atoms with Gasteiger partial charge in [-0.05, 0) is 24.1 Å². The van der Waals surface area contributed by atoms with E-state index in [0.717, 1.165) is 16.7 Å². The predicted molar refractivity (Wildman–Crippen MR) is 120 cm³/mol. The molecule has 0 aliphatic carbocycles. The molecule has 0 bridgehead atoms. The molecule has 2 amide bonds. The van der Waals surface area contributed by atoms with Gasteiger partial charge in [0.15, 0.2) is 0 Å². The summed E-state index contributed by atoms with van der Waals surface area (Å²) in [6.45, 7) is 2.28. The molecule has 29 heavy (non-hydrogen) atoms. The van der Waals surface area contributed by atoms with Gasteiger partial charge in [-0.2, -0.15) is 0 Å². The lowest BCUT2D eigenvalue weighted by atomic mass is 10.1. The van der Waals surface area contributed by atoms with Gasteiger partial charge in [0.2, 0.25) is 5.91 Å². The number of thioether (sulfide) groups is 1. The molecule has 0 saturated carbocycles. The molecule has 1 saturated heterocycles. The highest BCUT2D eigenvalue weighted by atomic mass is 32.2. The molecule has 1 fully saturated rings. The Morgan fingerprint density at radius 3 is 2.52 bits per heavy atom. The van der Waals surface area contributed by atoms with Gasteiger partial charge >= 0.3 is 0 Å². The van der Waals surface area contributed by atoms with Gasteiger partial charge in [0.25, 0.3) is 5.91 Å². The molecular formula is C22H22N2O3S2. The Labute approximate surface area is 180 Å². The van der Waals surface area contributed by atoms with Gasteiger partial charge in [0, 0.05) is 13.1 Å². The molecule has 2 aromatic carbocycles. The number of carbonyl (C=O) groups is 2. The maximum absolute atomic E-state index is 12.8. The summed E-state index contributed by atoms with van der Waals surface area (Å²) in [5, 5.41) is 9.34. The summed E-state index contributed by atoms with van der Waals surface area (Å²) in [7, 11) is 0. The minimum absolute atomic E-state index is 0.136. The fourth-order valence-electron chi connectivity index (χ4n) is 2.90. The van der Waals surface area contributed by atoms with E-state index in [1.807, 2.05) is 61.5 Å². The number of carbonyl (C=O) groups excluding carboxylic acids is 2. The molecule has 1 N–H and O–H groups in total. The van der Waals surface area contributed by atoms with E-state index in [1.165, 1.54) is 21.6 Å². The van der Waals surface area contributed by atoms with Crippen LogP contribution in [-0.4, -0.2) is 50.7 Å². The molecule has 1 aliphatic rings. The van der Waals surface area contributed by atoms with E-state index in [0.29, 0.717) is 15.8 Å². The molecule has 1 heterocycles. The lowest BCUT2D eigenvalue weighted by Gasteiger charge is -2.24. The van der Waals surface area contributed by atoms with Crippen LogP contribution >= 0.6 is 24.0 Å². The number of hydrogen-bond acceptors (Lipinski definition) is 5. The Morgan fingerprint density at radius 1 is 1.17 bits per heavy atom. The highest BCUT2D eigenvalue weighted by molar-refractivity contribution is 8.26. The van der Waals surface area contributed by atoms with Crippen LogP contribution in [0.15, 0.2) is 59.5 Å². The normalized spacial score (nSPS) is 15.2. The summed E-state index contributed by atoms with van der Waals surface area (Å²) in [5.41, 5.74) is 3.01. The average molecular weight is 427 g/mol. The van der Waals surface area contributed by atoms with Crippen molar-refractivity contribution in [2.75, 3.05) is 19.7 Å². The summed E-state index contributed by atoms with van der Waals surface area (Å²) in [6.07, 6.45) is 1.79. The molecular weight excluding hydrogens is 404 g/mol. The van der Waals surface area contributed by atoms with Crippen LogP contribution in [-0.2, 0) is 16.1 Å². The summed E-state index contributed by atoms with van der Waals surface area (Å²) >= 11 is 6.54. The lowest BCUT2D eigenvalue weighted by Crippen LogP contribution is -2.42. The number of benzene rings is 2. The standard InChI is InChI=1S/C22H22N2O3S2/c1-16-7-9-17(10-8-16)13-19-21(27)24(22(28)29-19)15-20(26)23(11-12-25)14-18-5-3-2-4-6-18/h2-10,13,25H,11-12,14-15H2,1H3/b19-13-. The van der Waals surface area contributed by atoms with Crippen molar-refractivity contribution in [3.63, 3.8) is 0 Å². The SMILES string of the molecule is Cc1ccc(/C=C2\SC(=S)N(CC(=O)N(CCO)Cc3ccccc3)C2=O)cc1. The van der Waals surface area contributed by atoms with E-state index in [2.05, 4.69) is 0 Å². The van der Waals surface area contributed by atoms with Crippen molar-refractivity contribution in [3.05, 3.63) is 76.2 Å². The fraction of sp³-hybridized carbons (Fsp3) is 0.227. The number of hydrogen-bond donors (Lipinski definition) is 1. The zero-order valence-corrected chi connectivity index (χ0v) is 17.7. The molecule has 150 valence electrons. The minimum atomic E-state index is -0.266. The molecule has 7 heteroatoms. The summed E-state index contributed by atoms with van der Waals surface area (Å²) in [6, 6.07) is 17.4. The number of rotatable bonds is 7. The van der Waals surface area contributed by atoms with Crippen molar-refractivity contribution < 1.29 is 14.7 Å². The van der Waals surface area contributed by atoms with Crippen LogP contribution in [0.2, 0.25) is 0 Å². The first-order chi connectivity index (χ1) is 14.0. The van der Waals surface area contributed by atoms with Gasteiger partial charge in [-0.25, -0.2) is 0 Å². The van der Waals surface area contributed by atoms with E-state index in [1.54, 1.807) is 6.08 Å². The van der Waals surface area contributed by atoms with Crippen LogP contribution in [0.4, 0.5) is 0 Å². The van der Waals surface area contributed by atoms with E-state index in [9.17, 15) is 14.7 Å². The van der Waals surface area contributed by atoms with Crippen molar-refractivity contribution in [3.8, 4) is 0 Å². The molecule has 0 aromatic heterocycles. The number of thiocarbonyl (C=S) groups is 1. The quantitative estimate of drug-likeness (QED) is 0.544. The van der Waals surface area contributed by atoms with Crippen molar-refractivity contribution in [1.29, 1.82) is 0 Å². The topological polar surface area (TPSA) is 60.9 Å². The molecule has 0 unspecified atom stereocenters. The first kappa shape index (κ1) is 21.2. The number of nitrogens with zero attached hydrogens (tertiary/aromatic N) is 2. The zero-order valence-electron chi connectivity index (χ0n) is 16.1. The largest absolute Gasteiger partial charge is 0.395 e. The first-order valence-corrected chi connectivity index (χ1v) is 10.4. The summed E-state index contributed by atoms with van der Waals surface area (Å²) in [4.78, 5) is 29.0. The smallest absolute Gasteiger partial charge is 0.266 e. The van der Waals surface area contributed by atoms with Crippen LogP contribution in [0, 0.1) is 6.92 Å². The number of aliphatic hydroxyl groups is 1. The molecule has 0 atom stereocenters. The molecule has 5 nitrogen and oxygen atoms in total. The Balaban J connectivity index is 1.70. The summed E-state index contributed by atoms with van der Waals surface area (Å²) < 4.78 is 0.366. The maximum Gasteiger partial charge on any atom is 0.266 e. The third kappa shape index (κ3) is 5.53. The first-order valence-electron chi connectivity index (χ1n) is 9.22. The Morgan fingerprint density at radius 2 is 1.86 bits per heavy atom. The van der Waals surface area contributed by atoms with Gasteiger partial charge in [-0.15, -0.1) is 0 Å². The zero-order chi connectivity index (χ0) is 20.8. The second-order valence-electron chi connectivity index (χ2n) is 6.70. The van der Waals surface area contributed by atoms with E-state index in [-0.39, 0.29) is 31.5 Å². The van der Waals surface area contributed by atoms with Crippen molar-refractivity contribution in [2.24, 2.45) is 0 Å².